The molecule has 7 heteroatoms. The summed E-state index contributed by atoms with van der Waals surface area (Å²) in [6.07, 6.45) is 0. The summed E-state index contributed by atoms with van der Waals surface area (Å²) in [7, 11) is -3.70. The molecule has 1 unspecified atom stereocenters. The van der Waals surface area contributed by atoms with Gasteiger partial charge in [0.2, 0.25) is 0 Å². The molecule has 1 atom stereocenters. The maximum absolute atomic E-state index is 12.4. The molecule has 0 heterocycles. The van der Waals surface area contributed by atoms with Crippen molar-refractivity contribution < 1.29 is 13.3 Å². The summed E-state index contributed by atoms with van der Waals surface area (Å²) in [5.41, 5.74) is -0.574. The van der Waals surface area contributed by atoms with E-state index in [1.807, 2.05) is 20.8 Å². The van der Waals surface area contributed by atoms with Crippen molar-refractivity contribution in [1.82, 2.24) is 0 Å². The van der Waals surface area contributed by atoms with Crippen LogP contribution in [-0.4, -0.2) is 24.4 Å². The number of para-hydroxylation sites is 1. The molecule has 0 aliphatic carbocycles. The molecule has 1 rings (SSSR count). The first-order valence-corrected chi connectivity index (χ1v) is 8.89. The van der Waals surface area contributed by atoms with Crippen LogP contribution in [0.4, 0.5) is 5.69 Å². The highest BCUT2D eigenvalue weighted by Crippen LogP contribution is 2.32. The van der Waals surface area contributed by atoms with Gasteiger partial charge in [-0.3, -0.25) is 10.1 Å². The van der Waals surface area contributed by atoms with Gasteiger partial charge in [0.15, 0.2) is 9.84 Å². The van der Waals surface area contributed by atoms with Crippen molar-refractivity contribution in [2.75, 3.05) is 11.1 Å². The molecule has 0 spiro atoms. The summed E-state index contributed by atoms with van der Waals surface area (Å²) in [5, 5.41) is 11.5. The fourth-order valence-electron chi connectivity index (χ4n) is 1.75. The van der Waals surface area contributed by atoms with Crippen LogP contribution in [-0.2, 0) is 9.84 Å². The van der Waals surface area contributed by atoms with E-state index in [-0.39, 0.29) is 27.7 Å². The van der Waals surface area contributed by atoms with Gasteiger partial charge in [0, 0.05) is 11.4 Å². The Kier molecular flexibility index (Phi) is 5.32. The van der Waals surface area contributed by atoms with Crippen LogP contribution in [0.3, 0.4) is 0 Å². The molecule has 5 nitrogen and oxygen atoms in total. The number of benzene rings is 1. The number of nitrogens with zero attached hydrogens (tertiary/aromatic N) is 1. The molecular formula is C13H18BrNO4S. The molecule has 0 saturated carbocycles. The molecule has 0 aromatic heterocycles. The standard InChI is InChI=1S/C13H18BrNO4S/c1-13(2,3)10(8-14)9-20(18,19)12-7-5-4-6-11(12)15(16)17/h4-7,10H,8-9H2,1-3H3. The first-order chi connectivity index (χ1) is 9.09. The van der Waals surface area contributed by atoms with Gasteiger partial charge in [-0.05, 0) is 17.4 Å². The Balaban J connectivity index is 3.22. The average molecular weight is 364 g/mol. The highest BCUT2D eigenvalue weighted by molar-refractivity contribution is 9.09. The van der Waals surface area contributed by atoms with Crippen molar-refractivity contribution in [2.24, 2.45) is 11.3 Å². The summed E-state index contributed by atoms with van der Waals surface area (Å²) in [4.78, 5) is 10.1. The number of halogens is 1. The second kappa shape index (κ2) is 6.22. The van der Waals surface area contributed by atoms with Crippen LogP contribution >= 0.6 is 15.9 Å². The normalized spacial score (nSPS) is 14.0. The quantitative estimate of drug-likeness (QED) is 0.456. The van der Waals surface area contributed by atoms with Crippen LogP contribution in [0.25, 0.3) is 0 Å². The Morgan fingerprint density at radius 3 is 2.30 bits per heavy atom. The van der Waals surface area contributed by atoms with E-state index in [1.165, 1.54) is 24.3 Å². The summed E-state index contributed by atoms with van der Waals surface area (Å²) < 4.78 is 24.9. The summed E-state index contributed by atoms with van der Waals surface area (Å²) in [6, 6.07) is 5.47. The minimum atomic E-state index is -3.70. The summed E-state index contributed by atoms with van der Waals surface area (Å²) in [5.74, 6) is -0.251. The third-order valence-corrected chi connectivity index (χ3v) is 5.87. The fourth-order valence-corrected chi connectivity index (χ4v) is 5.33. The first-order valence-electron chi connectivity index (χ1n) is 6.11. The van der Waals surface area contributed by atoms with Crippen LogP contribution in [0.15, 0.2) is 29.2 Å². The molecule has 0 amide bonds. The molecule has 0 fully saturated rings. The van der Waals surface area contributed by atoms with E-state index in [9.17, 15) is 18.5 Å². The second-order valence-corrected chi connectivity index (χ2v) is 8.37. The molecule has 0 saturated heterocycles. The molecule has 0 aliphatic rings. The molecular weight excluding hydrogens is 346 g/mol. The van der Waals surface area contributed by atoms with E-state index in [4.69, 9.17) is 0 Å². The van der Waals surface area contributed by atoms with E-state index >= 15 is 0 Å². The predicted octanol–water partition coefficient (Wildman–Crippen LogP) is 3.43. The van der Waals surface area contributed by atoms with Gasteiger partial charge in [-0.1, -0.05) is 48.8 Å². The number of hydrogen-bond donors (Lipinski definition) is 0. The second-order valence-electron chi connectivity index (χ2n) is 5.72. The molecule has 0 radical (unpaired) electrons. The van der Waals surface area contributed by atoms with Crippen molar-refractivity contribution in [3.63, 3.8) is 0 Å². The van der Waals surface area contributed by atoms with Gasteiger partial charge in [-0.25, -0.2) is 8.42 Å². The van der Waals surface area contributed by atoms with E-state index in [1.54, 1.807) is 0 Å². The molecule has 1 aromatic carbocycles. The van der Waals surface area contributed by atoms with E-state index in [0.717, 1.165) is 0 Å². The number of rotatable bonds is 5. The topological polar surface area (TPSA) is 77.3 Å². The molecule has 0 aliphatic heterocycles. The lowest BCUT2D eigenvalue weighted by molar-refractivity contribution is -0.387. The van der Waals surface area contributed by atoms with Crippen molar-refractivity contribution in [2.45, 2.75) is 25.7 Å². The SMILES string of the molecule is CC(C)(C)C(CBr)CS(=O)(=O)c1ccccc1[N+](=O)[O-]. The predicted molar refractivity (Wildman–Crippen MR) is 81.9 cm³/mol. The highest BCUT2D eigenvalue weighted by Gasteiger charge is 2.32. The Labute approximate surface area is 127 Å². The molecule has 0 bridgehead atoms. The van der Waals surface area contributed by atoms with Gasteiger partial charge in [-0.15, -0.1) is 0 Å². The van der Waals surface area contributed by atoms with Crippen LogP contribution in [0.2, 0.25) is 0 Å². The maximum Gasteiger partial charge on any atom is 0.287 e. The van der Waals surface area contributed by atoms with Gasteiger partial charge in [0.05, 0.1) is 10.7 Å². The number of nitro benzene ring substituents is 1. The Morgan fingerprint density at radius 1 is 1.30 bits per heavy atom. The lowest BCUT2D eigenvalue weighted by atomic mass is 9.83. The summed E-state index contributed by atoms with van der Waals surface area (Å²) >= 11 is 3.33. The van der Waals surface area contributed by atoms with Crippen LogP contribution in [0.5, 0.6) is 0 Å². The van der Waals surface area contributed by atoms with Crippen LogP contribution in [0, 0.1) is 21.4 Å². The van der Waals surface area contributed by atoms with E-state index in [2.05, 4.69) is 15.9 Å². The largest absolute Gasteiger partial charge is 0.287 e. The Hall–Kier alpha value is -0.950. The smallest absolute Gasteiger partial charge is 0.258 e. The Morgan fingerprint density at radius 2 is 1.85 bits per heavy atom. The minimum absolute atomic E-state index is 0.118. The van der Waals surface area contributed by atoms with Gasteiger partial charge < -0.3 is 0 Å². The zero-order valence-electron chi connectivity index (χ0n) is 11.7. The van der Waals surface area contributed by atoms with Crippen LogP contribution in [0.1, 0.15) is 20.8 Å². The molecule has 1 aromatic rings. The first kappa shape index (κ1) is 17.1. The Bertz CT molecular complexity index is 593. The third kappa shape index (κ3) is 4.02. The summed E-state index contributed by atoms with van der Waals surface area (Å²) in [6.45, 7) is 5.86. The number of alkyl halides is 1. The monoisotopic (exact) mass is 363 g/mol. The lowest BCUT2D eigenvalue weighted by Crippen LogP contribution is -2.29. The van der Waals surface area contributed by atoms with Gasteiger partial charge in [-0.2, -0.15) is 0 Å². The zero-order valence-corrected chi connectivity index (χ0v) is 14.1. The number of hydrogen-bond acceptors (Lipinski definition) is 4. The number of nitro groups is 1. The van der Waals surface area contributed by atoms with Gasteiger partial charge >= 0.3 is 0 Å². The van der Waals surface area contributed by atoms with Gasteiger partial charge in [0.25, 0.3) is 5.69 Å². The zero-order chi connectivity index (χ0) is 15.6. The van der Waals surface area contributed by atoms with Crippen molar-refractivity contribution in [3.05, 3.63) is 34.4 Å². The molecule has 112 valence electrons. The van der Waals surface area contributed by atoms with Crippen LogP contribution < -0.4 is 0 Å². The van der Waals surface area contributed by atoms with Crippen molar-refractivity contribution in [3.8, 4) is 0 Å². The van der Waals surface area contributed by atoms with Crippen molar-refractivity contribution in [1.29, 1.82) is 0 Å². The minimum Gasteiger partial charge on any atom is -0.258 e. The van der Waals surface area contributed by atoms with E-state index in [0.29, 0.717) is 5.33 Å². The maximum atomic E-state index is 12.4. The fraction of sp³-hybridized carbons (Fsp3) is 0.538. The molecule has 0 N–H and O–H groups in total. The van der Waals surface area contributed by atoms with E-state index < -0.39 is 14.8 Å². The third-order valence-electron chi connectivity index (χ3n) is 3.23. The average Bonchev–Trinajstić information content (AvgIpc) is 2.34. The van der Waals surface area contributed by atoms with Crippen molar-refractivity contribution >= 4 is 31.5 Å². The highest BCUT2D eigenvalue weighted by atomic mass is 79.9. The van der Waals surface area contributed by atoms with Gasteiger partial charge in [0.1, 0.15) is 4.90 Å². The molecule has 20 heavy (non-hydrogen) atoms. The lowest BCUT2D eigenvalue weighted by Gasteiger charge is -2.28. The number of sulfone groups is 1.